The predicted octanol–water partition coefficient (Wildman–Crippen LogP) is 2.97. The minimum Gasteiger partial charge on any atom is -0.321 e. The highest BCUT2D eigenvalue weighted by Gasteiger charge is 2.32. The molecular formula is C12H9F3N2OS. The van der Waals surface area contributed by atoms with Gasteiger partial charge in [0.2, 0.25) is 0 Å². The minimum atomic E-state index is -4.42. The molecule has 1 N–H and O–H groups in total. The fourth-order valence-electron chi connectivity index (χ4n) is 1.69. The predicted molar refractivity (Wildman–Crippen MR) is 66.4 cm³/mol. The van der Waals surface area contributed by atoms with Gasteiger partial charge >= 0.3 is 6.18 Å². The van der Waals surface area contributed by atoms with E-state index in [1.54, 1.807) is 0 Å². The van der Waals surface area contributed by atoms with E-state index in [9.17, 15) is 18.0 Å². The van der Waals surface area contributed by atoms with Crippen molar-refractivity contribution in [2.75, 3.05) is 0 Å². The number of rotatable bonds is 2. The Kier molecular flexibility index (Phi) is 3.57. The molecule has 0 fully saturated rings. The molecule has 1 aromatic heterocycles. The Bertz CT molecular complexity index is 703. The summed E-state index contributed by atoms with van der Waals surface area (Å²) in [5, 5.41) is 0. The van der Waals surface area contributed by atoms with Gasteiger partial charge in [0.25, 0.3) is 5.56 Å². The number of H-pyrrole nitrogens is 1. The Labute approximate surface area is 111 Å². The topological polar surface area (TPSA) is 37.8 Å². The van der Waals surface area contributed by atoms with Crippen LogP contribution in [0.2, 0.25) is 0 Å². The van der Waals surface area contributed by atoms with Crippen LogP contribution >= 0.6 is 12.2 Å². The maximum atomic E-state index is 12.8. The molecule has 0 radical (unpaired) electrons. The quantitative estimate of drug-likeness (QED) is 0.862. The van der Waals surface area contributed by atoms with Gasteiger partial charge in [-0.25, -0.2) is 0 Å². The summed E-state index contributed by atoms with van der Waals surface area (Å²) < 4.78 is 39.9. The molecule has 7 heteroatoms. The Balaban J connectivity index is 2.44. The molecule has 100 valence electrons. The standard InChI is InChI=1S/C12H9F3N2OS/c13-12(14,15)9-4-2-1-3-8(9)7-17-6-5-10(18)16-11(17)19/h1-6H,7H2,(H,16,18,19). The lowest BCUT2D eigenvalue weighted by Gasteiger charge is -2.13. The molecule has 0 saturated heterocycles. The van der Waals surface area contributed by atoms with E-state index >= 15 is 0 Å². The van der Waals surface area contributed by atoms with Gasteiger partial charge < -0.3 is 4.57 Å². The summed E-state index contributed by atoms with van der Waals surface area (Å²) in [6.07, 6.45) is -3.05. The van der Waals surface area contributed by atoms with E-state index in [2.05, 4.69) is 4.98 Å². The Morgan fingerprint density at radius 2 is 1.89 bits per heavy atom. The maximum absolute atomic E-state index is 12.8. The van der Waals surface area contributed by atoms with Gasteiger partial charge in [-0.1, -0.05) is 18.2 Å². The van der Waals surface area contributed by atoms with Crippen molar-refractivity contribution in [1.82, 2.24) is 9.55 Å². The van der Waals surface area contributed by atoms with Crippen LogP contribution in [0.5, 0.6) is 0 Å². The number of alkyl halides is 3. The number of benzene rings is 1. The highest BCUT2D eigenvalue weighted by Crippen LogP contribution is 2.32. The summed E-state index contributed by atoms with van der Waals surface area (Å²) >= 11 is 4.90. The van der Waals surface area contributed by atoms with Crippen molar-refractivity contribution in [1.29, 1.82) is 0 Å². The fourth-order valence-corrected chi connectivity index (χ4v) is 1.91. The van der Waals surface area contributed by atoms with E-state index in [4.69, 9.17) is 12.2 Å². The van der Waals surface area contributed by atoms with Crippen LogP contribution < -0.4 is 5.56 Å². The fraction of sp³-hybridized carbons (Fsp3) is 0.167. The second-order valence-electron chi connectivity index (χ2n) is 3.89. The van der Waals surface area contributed by atoms with Gasteiger partial charge in [-0.2, -0.15) is 13.2 Å². The molecule has 0 amide bonds. The Hall–Kier alpha value is -1.89. The molecule has 19 heavy (non-hydrogen) atoms. The summed E-state index contributed by atoms with van der Waals surface area (Å²) in [6, 6.07) is 6.48. The molecule has 0 aliphatic carbocycles. The zero-order chi connectivity index (χ0) is 14.0. The summed E-state index contributed by atoms with van der Waals surface area (Å²) in [7, 11) is 0. The van der Waals surface area contributed by atoms with Crippen molar-refractivity contribution in [3.63, 3.8) is 0 Å². The van der Waals surface area contributed by atoms with Gasteiger partial charge in [-0.3, -0.25) is 9.78 Å². The van der Waals surface area contributed by atoms with Crippen molar-refractivity contribution >= 4 is 12.2 Å². The van der Waals surface area contributed by atoms with E-state index in [0.717, 1.165) is 6.07 Å². The average molecular weight is 286 g/mol. The van der Waals surface area contributed by atoms with Crippen molar-refractivity contribution in [3.05, 3.63) is 62.8 Å². The van der Waals surface area contributed by atoms with Crippen molar-refractivity contribution in [2.45, 2.75) is 12.7 Å². The number of aromatic amines is 1. The first-order valence-electron chi connectivity index (χ1n) is 5.33. The van der Waals surface area contributed by atoms with Crippen molar-refractivity contribution < 1.29 is 13.2 Å². The molecule has 0 spiro atoms. The normalized spacial score (nSPS) is 11.5. The second-order valence-corrected chi connectivity index (χ2v) is 4.28. The van der Waals surface area contributed by atoms with Gasteiger partial charge in [0.05, 0.1) is 12.1 Å². The maximum Gasteiger partial charge on any atom is 0.416 e. The lowest BCUT2D eigenvalue weighted by molar-refractivity contribution is -0.138. The molecule has 0 unspecified atom stereocenters. The lowest BCUT2D eigenvalue weighted by Crippen LogP contribution is -2.15. The van der Waals surface area contributed by atoms with Crippen LogP contribution in [0, 0.1) is 4.77 Å². The molecule has 0 saturated carbocycles. The van der Waals surface area contributed by atoms with E-state index in [1.807, 2.05) is 0 Å². The van der Waals surface area contributed by atoms with Gasteiger partial charge in [-0.15, -0.1) is 0 Å². The van der Waals surface area contributed by atoms with Gasteiger partial charge in [0.1, 0.15) is 0 Å². The number of nitrogens with zero attached hydrogens (tertiary/aromatic N) is 1. The Morgan fingerprint density at radius 1 is 1.21 bits per heavy atom. The van der Waals surface area contributed by atoms with Gasteiger partial charge in [0.15, 0.2) is 4.77 Å². The Morgan fingerprint density at radius 3 is 2.53 bits per heavy atom. The zero-order valence-corrected chi connectivity index (χ0v) is 10.4. The monoisotopic (exact) mass is 286 g/mol. The first-order valence-corrected chi connectivity index (χ1v) is 5.73. The number of hydrogen-bond acceptors (Lipinski definition) is 2. The first-order chi connectivity index (χ1) is 8.88. The van der Waals surface area contributed by atoms with Crippen LogP contribution in [0.1, 0.15) is 11.1 Å². The largest absolute Gasteiger partial charge is 0.416 e. The number of nitrogens with one attached hydrogen (secondary N) is 1. The summed E-state index contributed by atoms with van der Waals surface area (Å²) in [6.45, 7) is -0.0503. The number of aromatic nitrogens is 2. The minimum absolute atomic E-state index is 0.0503. The summed E-state index contributed by atoms with van der Waals surface area (Å²) in [5.74, 6) is 0. The van der Waals surface area contributed by atoms with E-state index < -0.39 is 11.7 Å². The lowest BCUT2D eigenvalue weighted by atomic mass is 10.1. The summed E-state index contributed by atoms with van der Waals surface area (Å²) in [5.41, 5.74) is -0.994. The third-order valence-corrected chi connectivity index (χ3v) is 2.90. The van der Waals surface area contributed by atoms with Crippen LogP contribution in [0.15, 0.2) is 41.3 Å². The van der Waals surface area contributed by atoms with Crippen LogP contribution in [0.3, 0.4) is 0 Å². The van der Waals surface area contributed by atoms with Gasteiger partial charge in [0, 0.05) is 12.3 Å². The molecule has 3 nitrogen and oxygen atoms in total. The molecule has 2 rings (SSSR count). The second kappa shape index (κ2) is 5.00. The molecule has 2 aromatic rings. The highest BCUT2D eigenvalue weighted by molar-refractivity contribution is 7.71. The molecule has 0 bridgehead atoms. The van der Waals surface area contributed by atoms with Crippen molar-refractivity contribution in [3.8, 4) is 0 Å². The molecule has 1 heterocycles. The summed E-state index contributed by atoms with van der Waals surface area (Å²) in [4.78, 5) is 13.4. The SMILES string of the molecule is O=c1ccn(Cc2ccccc2C(F)(F)F)c(=S)[nH]1. The molecule has 0 aliphatic heterocycles. The smallest absolute Gasteiger partial charge is 0.321 e. The number of hydrogen-bond donors (Lipinski definition) is 1. The average Bonchev–Trinajstić information content (AvgIpc) is 2.32. The zero-order valence-electron chi connectivity index (χ0n) is 9.57. The van der Waals surface area contributed by atoms with Crippen molar-refractivity contribution in [2.24, 2.45) is 0 Å². The van der Waals surface area contributed by atoms with E-state index in [1.165, 1.54) is 35.0 Å². The van der Waals surface area contributed by atoms with Crippen LogP contribution in [-0.4, -0.2) is 9.55 Å². The van der Waals surface area contributed by atoms with Gasteiger partial charge in [-0.05, 0) is 23.8 Å². The van der Waals surface area contributed by atoms with E-state index in [0.29, 0.717) is 0 Å². The van der Waals surface area contributed by atoms with Crippen LogP contribution in [-0.2, 0) is 12.7 Å². The highest BCUT2D eigenvalue weighted by atomic mass is 32.1. The number of halogens is 3. The van der Waals surface area contributed by atoms with E-state index in [-0.39, 0.29) is 22.4 Å². The van der Waals surface area contributed by atoms with Crippen LogP contribution in [0.25, 0.3) is 0 Å². The molecule has 0 aliphatic rings. The first kappa shape index (κ1) is 13.5. The third-order valence-electron chi connectivity index (χ3n) is 2.56. The molecular weight excluding hydrogens is 277 g/mol. The molecule has 1 aromatic carbocycles. The van der Waals surface area contributed by atoms with Crippen LogP contribution in [0.4, 0.5) is 13.2 Å². The molecule has 0 atom stereocenters. The third kappa shape index (κ3) is 3.11.